The van der Waals surface area contributed by atoms with Gasteiger partial charge in [-0.25, -0.2) is 0 Å². The van der Waals surface area contributed by atoms with E-state index in [1.54, 1.807) is 12.1 Å². The van der Waals surface area contributed by atoms with Crippen LogP contribution in [0.15, 0.2) is 36.4 Å². The molecule has 1 aromatic heterocycles. The Hall–Kier alpha value is -2.56. The van der Waals surface area contributed by atoms with E-state index >= 15 is 0 Å². The molecule has 0 bridgehead atoms. The lowest BCUT2D eigenvalue weighted by atomic mass is 10.1. The highest BCUT2D eigenvalue weighted by atomic mass is 16.1. The van der Waals surface area contributed by atoms with Gasteiger partial charge in [0.1, 0.15) is 0 Å². The van der Waals surface area contributed by atoms with Crippen molar-refractivity contribution in [2.75, 3.05) is 17.7 Å². The zero-order chi connectivity index (χ0) is 14.7. The highest BCUT2D eigenvalue weighted by Crippen LogP contribution is 2.21. The van der Waals surface area contributed by atoms with Crippen LogP contribution in [0.1, 0.15) is 21.7 Å². The molecule has 1 aromatic carbocycles. The van der Waals surface area contributed by atoms with E-state index in [1.165, 1.54) is 0 Å². The molecule has 1 heterocycles. The number of anilines is 2. The molecule has 0 fully saturated rings. The van der Waals surface area contributed by atoms with Crippen LogP contribution in [-0.4, -0.2) is 17.9 Å². The van der Waals surface area contributed by atoms with Gasteiger partial charge in [0, 0.05) is 24.1 Å². The first-order valence-corrected chi connectivity index (χ1v) is 6.30. The van der Waals surface area contributed by atoms with Gasteiger partial charge in [0.2, 0.25) is 0 Å². The summed E-state index contributed by atoms with van der Waals surface area (Å²) in [4.78, 5) is 17.8. The van der Waals surface area contributed by atoms with Crippen LogP contribution >= 0.6 is 0 Å². The number of hydrogen-bond donors (Lipinski definition) is 2. The summed E-state index contributed by atoms with van der Waals surface area (Å²) in [5.41, 5.74) is 14.6. The fourth-order valence-corrected chi connectivity index (χ4v) is 2.02. The van der Waals surface area contributed by atoms with Crippen molar-refractivity contribution in [1.82, 2.24) is 4.98 Å². The largest absolute Gasteiger partial charge is 0.398 e. The lowest BCUT2D eigenvalue weighted by Crippen LogP contribution is -2.19. The zero-order valence-electron chi connectivity index (χ0n) is 11.6. The molecule has 1 amide bonds. The minimum Gasteiger partial charge on any atom is -0.398 e. The second kappa shape index (κ2) is 5.61. The third-order valence-electron chi connectivity index (χ3n) is 3.09. The van der Waals surface area contributed by atoms with Gasteiger partial charge in [-0.2, -0.15) is 0 Å². The maximum absolute atomic E-state index is 11.3. The topological polar surface area (TPSA) is 85.2 Å². The van der Waals surface area contributed by atoms with Crippen molar-refractivity contribution in [3.63, 3.8) is 0 Å². The van der Waals surface area contributed by atoms with E-state index in [0.717, 1.165) is 17.1 Å². The van der Waals surface area contributed by atoms with Crippen LogP contribution < -0.4 is 16.4 Å². The number of pyridine rings is 1. The van der Waals surface area contributed by atoms with Gasteiger partial charge < -0.3 is 16.4 Å². The Morgan fingerprint density at radius 3 is 2.70 bits per heavy atom. The standard InChI is InChI=1S/C15H18N4O/c1-10-4-3-5-11(18-10)9-19(2)12-6-7-14(16)13(8-12)15(17)20/h3-8H,9,16H2,1-2H3,(H2,17,20). The molecular weight excluding hydrogens is 252 g/mol. The van der Waals surface area contributed by atoms with Gasteiger partial charge in [-0.1, -0.05) is 6.07 Å². The highest BCUT2D eigenvalue weighted by molar-refractivity contribution is 5.99. The molecule has 2 rings (SSSR count). The highest BCUT2D eigenvalue weighted by Gasteiger charge is 2.10. The van der Waals surface area contributed by atoms with Crippen molar-refractivity contribution in [3.8, 4) is 0 Å². The Balaban J connectivity index is 2.23. The lowest BCUT2D eigenvalue weighted by molar-refractivity contribution is 0.100. The van der Waals surface area contributed by atoms with Gasteiger partial charge in [-0.15, -0.1) is 0 Å². The summed E-state index contributed by atoms with van der Waals surface area (Å²) in [6.07, 6.45) is 0. The minimum absolute atomic E-state index is 0.339. The van der Waals surface area contributed by atoms with Gasteiger partial charge in [0.15, 0.2) is 0 Å². The molecule has 5 nitrogen and oxygen atoms in total. The second-order valence-electron chi connectivity index (χ2n) is 4.76. The molecule has 0 unspecified atom stereocenters. The quantitative estimate of drug-likeness (QED) is 0.828. The molecule has 0 spiro atoms. The Labute approximate surface area is 118 Å². The van der Waals surface area contributed by atoms with Crippen LogP contribution in [-0.2, 0) is 6.54 Å². The number of nitrogens with two attached hydrogens (primary N) is 2. The van der Waals surface area contributed by atoms with Crippen LogP contribution in [0.3, 0.4) is 0 Å². The Morgan fingerprint density at radius 1 is 1.30 bits per heavy atom. The minimum atomic E-state index is -0.522. The van der Waals surface area contributed by atoms with E-state index in [0.29, 0.717) is 17.8 Å². The Morgan fingerprint density at radius 2 is 2.05 bits per heavy atom. The van der Waals surface area contributed by atoms with Crippen molar-refractivity contribution >= 4 is 17.3 Å². The summed E-state index contributed by atoms with van der Waals surface area (Å²) in [6, 6.07) is 11.2. The summed E-state index contributed by atoms with van der Waals surface area (Å²) < 4.78 is 0. The van der Waals surface area contributed by atoms with E-state index in [-0.39, 0.29) is 0 Å². The van der Waals surface area contributed by atoms with Crippen LogP contribution in [0.5, 0.6) is 0 Å². The molecule has 0 saturated heterocycles. The molecular formula is C15H18N4O. The van der Waals surface area contributed by atoms with Crippen molar-refractivity contribution in [2.24, 2.45) is 5.73 Å². The number of carbonyl (C=O) groups excluding carboxylic acids is 1. The average molecular weight is 270 g/mol. The number of carbonyl (C=O) groups is 1. The predicted molar refractivity (Wildman–Crippen MR) is 80.5 cm³/mol. The molecule has 20 heavy (non-hydrogen) atoms. The Kier molecular flexibility index (Phi) is 3.89. The third kappa shape index (κ3) is 3.06. The molecule has 0 saturated carbocycles. The maximum atomic E-state index is 11.3. The number of nitrogen functional groups attached to an aromatic ring is 1. The molecule has 0 atom stereocenters. The number of hydrogen-bond acceptors (Lipinski definition) is 4. The Bertz CT molecular complexity index is 640. The smallest absolute Gasteiger partial charge is 0.250 e. The SMILES string of the molecule is Cc1cccc(CN(C)c2ccc(N)c(C(N)=O)c2)n1. The van der Waals surface area contributed by atoms with E-state index in [2.05, 4.69) is 4.98 Å². The van der Waals surface area contributed by atoms with Gasteiger partial charge in [0.25, 0.3) is 5.91 Å². The van der Waals surface area contributed by atoms with Crippen molar-refractivity contribution in [2.45, 2.75) is 13.5 Å². The number of amides is 1. The number of aromatic nitrogens is 1. The number of primary amides is 1. The average Bonchev–Trinajstić information content (AvgIpc) is 2.38. The summed E-state index contributed by atoms with van der Waals surface area (Å²) in [7, 11) is 1.93. The van der Waals surface area contributed by atoms with Crippen LogP contribution in [0.25, 0.3) is 0 Å². The predicted octanol–water partition coefficient (Wildman–Crippen LogP) is 1.71. The van der Waals surface area contributed by atoms with Gasteiger partial charge in [0.05, 0.1) is 17.8 Å². The van der Waals surface area contributed by atoms with Crippen molar-refractivity contribution < 1.29 is 4.79 Å². The molecule has 104 valence electrons. The first-order chi connectivity index (χ1) is 9.47. The second-order valence-corrected chi connectivity index (χ2v) is 4.76. The lowest BCUT2D eigenvalue weighted by Gasteiger charge is -2.20. The molecule has 0 aliphatic rings. The van der Waals surface area contributed by atoms with Crippen LogP contribution in [0, 0.1) is 6.92 Å². The normalized spacial score (nSPS) is 10.3. The van der Waals surface area contributed by atoms with Crippen molar-refractivity contribution in [1.29, 1.82) is 0 Å². The van der Waals surface area contributed by atoms with E-state index in [4.69, 9.17) is 11.5 Å². The number of nitrogens with zero attached hydrogens (tertiary/aromatic N) is 2. The monoisotopic (exact) mass is 270 g/mol. The van der Waals surface area contributed by atoms with Crippen LogP contribution in [0.4, 0.5) is 11.4 Å². The van der Waals surface area contributed by atoms with Gasteiger partial charge in [-0.05, 0) is 37.3 Å². The van der Waals surface area contributed by atoms with Gasteiger partial charge >= 0.3 is 0 Å². The molecule has 5 heteroatoms. The van der Waals surface area contributed by atoms with Crippen molar-refractivity contribution in [3.05, 3.63) is 53.3 Å². The number of benzene rings is 1. The van der Waals surface area contributed by atoms with Crippen LogP contribution in [0.2, 0.25) is 0 Å². The molecule has 0 aliphatic carbocycles. The zero-order valence-corrected chi connectivity index (χ0v) is 11.6. The first-order valence-electron chi connectivity index (χ1n) is 6.30. The summed E-state index contributed by atoms with van der Waals surface area (Å²) in [5.74, 6) is -0.522. The summed E-state index contributed by atoms with van der Waals surface area (Å²) >= 11 is 0. The summed E-state index contributed by atoms with van der Waals surface area (Å²) in [5, 5.41) is 0. The third-order valence-corrected chi connectivity index (χ3v) is 3.09. The van der Waals surface area contributed by atoms with E-state index < -0.39 is 5.91 Å². The molecule has 0 radical (unpaired) electrons. The fourth-order valence-electron chi connectivity index (χ4n) is 2.02. The number of rotatable bonds is 4. The first kappa shape index (κ1) is 13.9. The molecule has 2 aromatic rings. The van der Waals surface area contributed by atoms with Gasteiger partial charge in [-0.3, -0.25) is 9.78 Å². The number of aryl methyl sites for hydroxylation is 1. The maximum Gasteiger partial charge on any atom is 0.250 e. The van der Waals surface area contributed by atoms with E-state index in [9.17, 15) is 4.79 Å². The van der Waals surface area contributed by atoms with E-state index in [1.807, 2.05) is 43.1 Å². The fraction of sp³-hybridized carbons (Fsp3) is 0.200. The molecule has 4 N–H and O–H groups in total. The summed E-state index contributed by atoms with van der Waals surface area (Å²) in [6.45, 7) is 2.60. The molecule has 0 aliphatic heterocycles.